The minimum Gasteiger partial charge on any atom is -0.337 e. The van der Waals surface area contributed by atoms with Crippen LogP contribution in [-0.2, 0) is 17.8 Å². The number of carbonyl (C=O) groups is 2. The predicted octanol–water partition coefficient (Wildman–Crippen LogP) is 3.43. The Kier molecular flexibility index (Phi) is 5.58. The molecule has 5 rings (SSSR count). The SMILES string of the molecule is Cc1nc(C2CCN(C(=O)c3ccccn3)C2)nc2c1CCC(=O)N2Cc1cccc(F)c1. The van der Waals surface area contributed by atoms with Crippen LogP contribution in [0.3, 0.4) is 0 Å². The Labute approximate surface area is 191 Å². The maximum absolute atomic E-state index is 13.7. The summed E-state index contributed by atoms with van der Waals surface area (Å²) in [4.78, 5) is 42.7. The molecule has 1 atom stereocenters. The first-order valence-electron chi connectivity index (χ1n) is 11.1. The van der Waals surface area contributed by atoms with Crippen molar-refractivity contribution in [2.45, 2.75) is 38.6 Å². The van der Waals surface area contributed by atoms with Crippen LogP contribution >= 0.6 is 0 Å². The summed E-state index contributed by atoms with van der Waals surface area (Å²) < 4.78 is 13.7. The van der Waals surface area contributed by atoms with Crippen LogP contribution in [0.25, 0.3) is 0 Å². The van der Waals surface area contributed by atoms with Crippen molar-refractivity contribution < 1.29 is 14.0 Å². The van der Waals surface area contributed by atoms with Gasteiger partial charge in [-0.2, -0.15) is 0 Å². The van der Waals surface area contributed by atoms with Crippen molar-refractivity contribution in [3.63, 3.8) is 0 Å². The van der Waals surface area contributed by atoms with Crippen LogP contribution in [0, 0.1) is 12.7 Å². The summed E-state index contributed by atoms with van der Waals surface area (Å²) in [5.41, 5.74) is 2.94. The molecular weight excluding hydrogens is 421 g/mol. The van der Waals surface area contributed by atoms with Gasteiger partial charge < -0.3 is 4.90 Å². The number of rotatable bonds is 4. The Bertz CT molecular complexity index is 1220. The molecule has 0 radical (unpaired) electrons. The highest BCUT2D eigenvalue weighted by atomic mass is 19.1. The van der Waals surface area contributed by atoms with E-state index in [0.717, 1.165) is 17.7 Å². The van der Waals surface area contributed by atoms with E-state index < -0.39 is 0 Å². The monoisotopic (exact) mass is 445 g/mol. The number of carbonyl (C=O) groups excluding carboxylic acids is 2. The lowest BCUT2D eigenvalue weighted by Crippen LogP contribution is -2.36. The normalized spacial score (nSPS) is 17.9. The van der Waals surface area contributed by atoms with Crippen molar-refractivity contribution in [1.82, 2.24) is 19.9 Å². The fraction of sp³-hybridized carbons (Fsp3) is 0.320. The van der Waals surface area contributed by atoms with Crippen LogP contribution in [0.1, 0.15) is 51.9 Å². The van der Waals surface area contributed by atoms with Crippen LogP contribution in [0.4, 0.5) is 10.2 Å². The van der Waals surface area contributed by atoms with Crippen LogP contribution in [0.2, 0.25) is 0 Å². The molecule has 3 aromatic rings. The van der Waals surface area contributed by atoms with Gasteiger partial charge in [-0.3, -0.25) is 19.5 Å². The van der Waals surface area contributed by atoms with E-state index in [1.165, 1.54) is 12.1 Å². The number of amides is 2. The molecule has 1 saturated heterocycles. The smallest absolute Gasteiger partial charge is 0.272 e. The Morgan fingerprint density at radius 3 is 2.82 bits per heavy atom. The van der Waals surface area contributed by atoms with Gasteiger partial charge in [-0.05, 0) is 49.6 Å². The molecule has 0 aliphatic carbocycles. The van der Waals surface area contributed by atoms with Crippen LogP contribution in [0.15, 0.2) is 48.7 Å². The minimum atomic E-state index is -0.333. The van der Waals surface area contributed by atoms with Crippen molar-refractivity contribution in [3.05, 3.63) is 82.8 Å². The molecule has 4 heterocycles. The summed E-state index contributed by atoms with van der Waals surface area (Å²) in [6.45, 7) is 3.30. The third kappa shape index (κ3) is 4.20. The van der Waals surface area contributed by atoms with Crippen molar-refractivity contribution >= 4 is 17.6 Å². The number of hydrogen-bond acceptors (Lipinski definition) is 5. The molecule has 0 N–H and O–H groups in total. The fourth-order valence-electron chi connectivity index (χ4n) is 4.57. The first-order chi connectivity index (χ1) is 16.0. The van der Waals surface area contributed by atoms with Crippen LogP contribution in [0.5, 0.6) is 0 Å². The summed E-state index contributed by atoms with van der Waals surface area (Å²) in [5.74, 6) is 0.758. The number of hydrogen-bond donors (Lipinski definition) is 0. The molecule has 8 heteroatoms. The highest BCUT2D eigenvalue weighted by Gasteiger charge is 2.33. The third-order valence-electron chi connectivity index (χ3n) is 6.31. The van der Waals surface area contributed by atoms with Gasteiger partial charge in [0.25, 0.3) is 5.91 Å². The summed E-state index contributed by atoms with van der Waals surface area (Å²) in [6.07, 6.45) is 3.33. The Balaban J connectivity index is 1.41. The number of fused-ring (bicyclic) bond motifs is 1. The number of aromatic nitrogens is 3. The molecule has 1 unspecified atom stereocenters. The zero-order chi connectivity index (χ0) is 22.9. The molecule has 0 bridgehead atoms. The molecule has 7 nitrogen and oxygen atoms in total. The molecule has 33 heavy (non-hydrogen) atoms. The Morgan fingerprint density at radius 2 is 2.03 bits per heavy atom. The summed E-state index contributed by atoms with van der Waals surface area (Å²) in [5, 5.41) is 0. The third-order valence-corrected chi connectivity index (χ3v) is 6.31. The molecule has 0 saturated carbocycles. The van der Waals surface area contributed by atoms with Gasteiger partial charge in [0, 0.05) is 42.9 Å². The van der Waals surface area contributed by atoms with Gasteiger partial charge in [-0.15, -0.1) is 0 Å². The van der Waals surface area contributed by atoms with Gasteiger partial charge in [0.15, 0.2) is 0 Å². The van der Waals surface area contributed by atoms with Crippen molar-refractivity contribution in [1.29, 1.82) is 0 Å². The lowest BCUT2D eigenvalue weighted by Gasteiger charge is -2.30. The first kappa shape index (κ1) is 21.2. The Morgan fingerprint density at radius 1 is 1.15 bits per heavy atom. The van der Waals surface area contributed by atoms with E-state index in [1.54, 1.807) is 46.3 Å². The van der Waals surface area contributed by atoms with E-state index in [-0.39, 0.29) is 30.1 Å². The number of likely N-dealkylation sites (tertiary alicyclic amines) is 1. The minimum absolute atomic E-state index is 0.0188. The maximum Gasteiger partial charge on any atom is 0.272 e. The van der Waals surface area contributed by atoms with Crippen molar-refractivity contribution in [2.24, 2.45) is 0 Å². The predicted molar refractivity (Wildman–Crippen MR) is 120 cm³/mol. The van der Waals surface area contributed by atoms with Gasteiger partial charge in [0.2, 0.25) is 5.91 Å². The lowest BCUT2D eigenvalue weighted by molar-refractivity contribution is -0.119. The summed E-state index contributed by atoms with van der Waals surface area (Å²) in [7, 11) is 0. The molecular formula is C25H24FN5O2. The lowest BCUT2D eigenvalue weighted by atomic mass is 10.0. The number of halogens is 1. The van der Waals surface area contributed by atoms with E-state index in [4.69, 9.17) is 9.97 Å². The Hall–Kier alpha value is -3.68. The molecule has 1 fully saturated rings. The second kappa shape index (κ2) is 8.69. The standard InChI is InChI=1S/C25H24FN5O2/c1-16-20-8-9-22(32)31(14-17-5-4-6-19(26)13-17)24(20)29-23(28-16)18-10-12-30(15-18)25(33)21-7-2-3-11-27-21/h2-7,11,13,18H,8-10,12,14-15H2,1H3. The van der Waals surface area contributed by atoms with Crippen molar-refractivity contribution in [2.75, 3.05) is 18.0 Å². The van der Waals surface area contributed by atoms with Gasteiger partial charge >= 0.3 is 0 Å². The second-order valence-corrected chi connectivity index (χ2v) is 8.53. The molecule has 2 aliphatic heterocycles. The number of pyridine rings is 1. The molecule has 2 aromatic heterocycles. The van der Waals surface area contributed by atoms with E-state index in [9.17, 15) is 14.0 Å². The number of benzene rings is 1. The number of anilines is 1. The fourth-order valence-corrected chi connectivity index (χ4v) is 4.57. The van der Waals surface area contributed by atoms with Gasteiger partial charge in [0.1, 0.15) is 23.2 Å². The summed E-state index contributed by atoms with van der Waals surface area (Å²) >= 11 is 0. The zero-order valence-electron chi connectivity index (χ0n) is 18.4. The molecule has 0 spiro atoms. The molecule has 1 aromatic carbocycles. The number of aryl methyl sites for hydroxylation is 1. The highest BCUT2D eigenvalue weighted by molar-refractivity contribution is 5.95. The largest absolute Gasteiger partial charge is 0.337 e. The zero-order valence-corrected chi connectivity index (χ0v) is 18.4. The quantitative estimate of drug-likeness (QED) is 0.615. The van der Waals surface area contributed by atoms with Gasteiger partial charge in [-0.1, -0.05) is 18.2 Å². The topological polar surface area (TPSA) is 79.3 Å². The summed E-state index contributed by atoms with van der Waals surface area (Å²) in [6, 6.07) is 11.6. The molecule has 168 valence electrons. The average Bonchev–Trinajstić information content (AvgIpc) is 3.31. The molecule has 2 aliphatic rings. The van der Waals surface area contributed by atoms with Gasteiger partial charge in [0.05, 0.1) is 6.54 Å². The van der Waals surface area contributed by atoms with Crippen LogP contribution < -0.4 is 4.90 Å². The van der Waals surface area contributed by atoms with E-state index in [2.05, 4.69) is 4.98 Å². The highest BCUT2D eigenvalue weighted by Crippen LogP contribution is 2.33. The van der Waals surface area contributed by atoms with E-state index >= 15 is 0 Å². The second-order valence-electron chi connectivity index (χ2n) is 8.53. The van der Waals surface area contributed by atoms with E-state index in [1.807, 2.05) is 6.92 Å². The number of nitrogens with zero attached hydrogens (tertiary/aromatic N) is 5. The van der Waals surface area contributed by atoms with Crippen LogP contribution in [-0.4, -0.2) is 44.8 Å². The molecule has 2 amide bonds. The maximum atomic E-state index is 13.7. The van der Waals surface area contributed by atoms with Gasteiger partial charge in [-0.25, -0.2) is 14.4 Å². The van der Waals surface area contributed by atoms with Crippen molar-refractivity contribution in [3.8, 4) is 0 Å². The van der Waals surface area contributed by atoms with E-state index in [0.29, 0.717) is 48.8 Å². The first-order valence-corrected chi connectivity index (χ1v) is 11.1. The average molecular weight is 445 g/mol.